The van der Waals surface area contributed by atoms with Gasteiger partial charge in [-0.3, -0.25) is 0 Å². The number of rotatable bonds is 0. The quantitative estimate of drug-likeness (QED) is 0.540. The zero-order valence-corrected chi connectivity index (χ0v) is 5.77. The first-order valence-corrected chi connectivity index (χ1v) is 3.01. The Morgan fingerprint density at radius 2 is 2.11 bits per heavy atom. The van der Waals surface area contributed by atoms with Crippen LogP contribution >= 0.6 is 11.6 Å². The molecule has 0 N–H and O–H groups in total. The molecule has 0 bridgehead atoms. The third kappa shape index (κ3) is 1.36. The highest BCUT2D eigenvalue weighted by molar-refractivity contribution is 6.30. The molecule has 1 nitrogen and oxygen atoms in total. The molecule has 0 aromatic heterocycles. The van der Waals surface area contributed by atoms with Crippen LogP contribution in [0.2, 0.25) is 5.02 Å². The Balaban J connectivity index is 3.17. The van der Waals surface area contributed by atoms with Gasteiger partial charge in [-0.05, 0) is 19.1 Å². The highest BCUT2D eigenvalue weighted by atomic mass is 35.5. The zero-order valence-electron chi connectivity index (χ0n) is 5.02. The van der Waals surface area contributed by atoms with E-state index in [2.05, 4.69) is 0 Å². The van der Waals surface area contributed by atoms with E-state index < -0.39 is 0 Å². The molecule has 0 heterocycles. The number of halogens is 1. The van der Waals surface area contributed by atoms with Crippen molar-refractivity contribution in [3.63, 3.8) is 0 Å². The molecule has 0 fully saturated rings. The fourth-order valence-corrected chi connectivity index (χ4v) is 0.839. The van der Waals surface area contributed by atoms with Crippen LogP contribution in [0.4, 0.5) is 0 Å². The third-order valence-corrected chi connectivity index (χ3v) is 1.37. The highest BCUT2D eigenvalue weighted by Gasteiger charge is 1.86. The predicted molar refractivity (Wildman–Crippen MR) is 35.6 cm³/mol. The Morgan fingerprint density at radius 3 is 2.56 bits per heavy atom. The van der Waals surface area contributed by atoms with Gasteiger partial charge in [0.15, 0.2) is 0 Å². The molecule has 0 spiro atoms. The molecule has 0 unspecified atom stereocenters. The van der Waals surface area contributed by atoms with Crippen molar-refractivity contribution >= 4 is 11.6 Å². The summed E-state index contributed by atoms with van der Waals surface area (Å²) in [6, 6.07) is 4.72. The largest absolute Gasteiger partial charge is 0.872 e. The SMILES string of the molecule is Cc1cc(Cl)ccc1[O-]. The smallest absolute Gasteiger partial charge is 0.0408 e. The zero-order chi connectivity index (χ0) is 6.85. The molecule has 1 aromatic carbocycles. The fraction of sp³-hybridized carbons (Fsp3) is 0.143. The summed E-state index contributed by atoms with van der Waals surface area (Å²) < 4.78 is 0. The van der Waals surface area contributed by atoms with E-state index in [9.17, 15) is 5.11 Å². The van der Waals surface area contributed by atoms with Gasteiger partial charge in [0.25, 0.3) is 0 Å². The minimum absolute atomic E-state index is 0.0411. The first kappa shape index (κ1) is 6.43. The molecular weight excluding hydrogens is 136 g/mol. The molecular formula is C7H6ClO-. The standard InChI is InChI=1S/C7H7ClO/c1-5-4-6(8)2-3-7(5)9/h2-4,9H,1H3/p-1. The maximum absolute atomic E-state index is 10.7. The van der Waals surface area contributed by atoms with E-state index in [1.54, 1.807) is 19.1 Å². The van der Waals surface area contributed by atoms with Gasteiger partial charge in [0.2, 0.25) is 0 Å². The van der Waals surface area contributed by atoms with Crippen LogP contribution in [0.5, 0.6) is 5.75 Å². The van der Waals surface area contributed by atoms with Crippen molar-refractivity contribution in [2.45, 2.75) is 6.92 Å². The lowest BCUT2D eigenvalue weighted by Gasteiger charge is -2.07. The van der Waals surface area contributed by atoms with Gasteiger partial charge < -0.3 is 5.11 Å². The highest BCUT2D eigenvalue weighted by Crippen LogP contribution is 2.16. The summed E-state index contributed by atoms with van der Waals surface area (Å²) in [5.74, 6) is 0.0411. The Morgan fingerprint density at radius 1 is 1.44 bits per heavy atom. The minimum Gasteiger partial charge on any atom is -0.872 e. The normalized spacial score (nSPS) is 9.56. The van der Waals surface area contributed by atoms with Crippen molar-refractivity contribution in [2.24, 2.45) is 0 Å². The molecule has 2 heteroatoms. The molecule has 0 aliphatic rings. The molecule has 0 aliphatic heterocycles. The first-order chi connectivity index (χ1) is 4.20. The van der Waals surface area contributed by atoms with E-state index in [1.807, 2.05) is 0 Å². The third-order valence-electron chi connectivity index (χ3n) is 1.14. The summed E-state index contributed by atoms with van der Waals surface area (Å²) in [6.45, 7) is 1.74. The number of benzene rings is 1. The van der Waals surface area contributed by atoms with Gasteiger partial charge in [-0.2, -0.15) is 0 Å². The number of aryl methyl sites for hydroxylation is 1. The van der Waals surface area contributed by atoms with Gasteiger partial charge in [0, 0.05) is 5.02 Å². The summed E-state index contributed by atoms with van der Waals surface area (Å²) in [5, 5.41) is 11.3. The average Bonchev–Trinajstić information content (AvgIpc) is 1.80. The molecule has 0 radical (unpaired) electrons. The predicted octanol–water partition coefficient (Wildman–Crippen LogP) is 1.72. The van der Waals surface area contributed by atoms with E-state index in [0.717, 1.165) is 0 Å². The molecule has 0 saturated heterocycles. The molecule has 0 amide bonds. The van der Waals surface area contributed by atoms with Crippen LogP contribution in [-0.2, 0) is 0 Å². The Labute approximate surface area is 58.9 Å². The summed E-state index contributed by atoms with van der Waals surface area (Å²) in [6.07, 6.45) is 0. The monoisotopic (exact) mass is 141 g/mol. The van der Waals surface area contributed by atoms with Gasteiger partial charge in [-0.25, -0.2) is 0 Å². The van der Waals surface area contributed by atoms with E-state index in [-0.39, 0.29) is 5.75 Å². The van der Waals surface area contributed by atoms with Crippen LogP contribution < -0.4 is 5.11 Å². The molecule has 0 atom stereocenters. The summed E-state index contributed by atoms with van der Waals surface area (Å²) in [7, 11) is 0. The maximum Gasteiger partial charge on any atom is 0.0408 e. The van der Waals surface area contributed by atoms with E-state index in [0.29, 0.717) is 10.6 Å². The summed E-state index contributed by atoms with van der Waals surface area (Å²) in [4.78, 5) is 0. The fourth-order valence-electron chi connectivity index (χ4n) is 0.613. The molecule has 0 aliphatic carbocycles. The molecule has 9 heavy (non-hydrogen) atoms. The van der Waals surface area contributed by atoms with Crippen molar-refractivity contribution in [3.05, 3.63) is 28.8 Å². The maximum atomic E-state index is 10.7. The lowest BCUT2D eigenvalue weighted by Crippen LogP contribution is -1.91. The number of hydrogen-bond donors (Lipinski definition) is 0. The lowest BCUT2D eigenvalue weighted by molar-refractivity contribution is -0.269. The van der Waals surface area contributed by atoms with Crippen LogP contribution in [-0.4, -0.2) is 0 Å². The molecule has 1 rings (SSSR count). The van der Waals surface area contributed by atoms with Gasteiger partial charge in [-0.1, -0.05) is 23.2 Å². The minimum atomic E-state index is 0.0411. The van der Waals surface area contributed by atoms with Crippen molar-refractivity contribution in [2.75, 3.05) is 0 Å². The van der Waals surface area contributed by atoms with Crippen molar-refractivity contribution in [1.82, 2.24) is 0 Å². The number of hydrogen-bond acceptors (Lipinski definition) is 1. The van der Waals surface area contributed by atoms with Crippen LogP contribution in [0.3, 0.4) is 0 Å². The average molecular weight is 142 g/mol. The topological polar surface area (TPSA) is 23.1 Å². The molecule has 1 aromatic rings. The van der Waals surface area contributed by atoms with E-state index in [1.165, 1.54) is 6.07 Å². The van der Waals surface area contributed by atoms with Gasteiger partial charge in [0.1, 0.15) is 0 Å². The van der Waals surface area contributed by atoms with Crippen LogP contribution in [0, 0.1) is 6.92 Å². The van der Waals surface area contributed by atoms with Crippen molar-refractivity contribution < 1.29 is 5.11 Å². The Bertz CT molecular complexity index is 220. The lowest BCUT2D eigenvalue weighted by atomic mass is 10.2. The summed E-state index contributed by atoms with van der Waals surface area (Å²) in [5.41, 5.74) is 0.697. The van der Waals surface area contributed by atoms with Crippen molar-refractivity contribution in [1.29, 1.82) is 0 Å². The van der Waals surface area contributed by atoms with Gasteiger partial charge >= 0.3 is 0 Å². The van der Waals surface area contributed by atoms with E-state index >= 15 is 0 Å². The summed E-state index contributed by atoms with van der Waals surface area (Å²) >= 11 is 5.58. The second-order valence-electron chi connectivity index (χ2n) is 1.91. The van der Waals surface area contributed by atoms with Gasteiger partial charge in [-0.15, -0.1) is 5.75 Å². The molecule has 48 valence electrons. The second-order valence-corrected chi connectivity index (χ2v) is 2.35. The van der Waals surface area contributed by atoms with Crippen LogP contribution in [0.1, 0.15) is 5.56 Å². The van der Waals surface area contributed by atoms with Gasteiger partial charge in [0.05, 0.1) is 0 Å². The molecule has 0 saturated carbocycles. The van der Waals surface area contributed by atoms with Crippen LogP contribution in [0.25, 0.3) is 0 Å². The first-order valence-electron chi connectivity index (χ1n) is 2.63. The van der Waals surface area contributed by atoms with Crippen LogP contribution in [0.15, 0.2) is 18.2 Å². The Kier molecular flexibility index (Phi) is 1.63. The van der Waals surface area contributed by atoms with E-state index in [4.69, 9.17) is 11.6 Å². The van der Waals surface area contributed by atoms with Crippen molar-refractivity contribution in [3.8, 4) is 5.75 Å². The Hall–Kier alpha value is -0.690. The second kappa shape index (κ2) is 2.28.